The lowest BCUT2D eigenvalue weighted by Crippen LogP contribution is -2.39. The number of hydrazine groups is 1. The van der Waals surface area contributed by atoms with Crippen molar-refractivity contribution in [3.05, 3.63) is 181 Å². The molecule has 0 aliphatic heterocycles. The van der Waals surface area contributed by atoms with Crippen molar-refractivity contribution >= 4 is 11.4 Å². The van der Waals surface area contributed by atoms with Crippen molar-refractivity contribution in [1.29, 1.82) is 0 Å². The summed E-state index contributed by atoms with van der Waals surface area (Å²) in [6, 6.07) is 57.2. The zero-order chi connectivity index (χ0) is 29.3. The van der Waals surface area contributed by atoms with Gasteiger partial charge in [0.1, 0.15) is 0 Å². The van der Waals surface area contributed by atoms with Crippen LogP contribution in [0.5, 0.6) is 0 Å². The molecule has 0 atom stereocenters. The third-order valence-corrected chi connectivity index (χ3v) is 7.52. The average Bonchev–Trinajstić information content (AvgIpc) is 3.09. The van der Waals surface area contributed by atoms with Gasteiger partial charge in [0.15, 0.2) is 0 Å². The minimum absolute atomic E-state index is 0.570. The summed E-state index contributed by atoms with van der Waals surface area (Å²) < 4.78 is 0. The Kier molecular flexibility index (Phi) is 8.73. The lowest BCUT2D eigenvalue weighted by atomic mass is 9.97. The molecule has 0 bridgehead atoms. The van der Waals surface area contributed by atoms with Gasteiger partial charge in [-0.2, -0.15) is 5.01 Å². The summed E-state index contributed by atoms with van der Waals surface area (Å²) in [6.07, 6.45) is 0. The number of rotatable bonds is 11. The summed E-state index contributed by atoms with van der Waals surface area (Å²) in [5.74, 6) is 0. The van der Waals surface area contributed by atoms with E-state index < -0.39 is 0 Å². The van der Waals surface area contributed by atoms with Crippen LogP contribution in [0.25, 0.3) is 39.1 Å². The van der Waals surface area contributed by atoms with Crippen LogP contribution in [0.3, 0.4) is 0 Å². The molecule has 0 radical (unpaired) electrons. The zero-order valence-electron chi connectivity index (χ0n) is 24.2. The molecular formula is C40H35N3. The van der Waals surface area contributed by atoms with Gasteiger partial charge < -0.3 is 10.7 Å². The molecule has 0 heterocycles. The largest absolute Gasteiger partial charge is 0.370 e. The van der Waals surface area contributed by atoms with Crippen LogP contribution in [-0.4, -0.2) is 11.7 Å². The van der Waals surface area contributed by atoms with Crippen LogP contribution in [-0.2, 0) is 6.54 Å². The van der Waals surface area contributed by atoms with E-state index in [1.54, 1.807) is 0 Å². The van der Waals surface area contributed by atoms with E-state index in [1.807, 2.05) is 12.1 Å². The van der Waals surface area contributed by atoms with Crippen molar-refractivity contribution in [3.8, 4) is 33.4 Å². The molecule has 0 spiro atoms. The van der Waals surface area contributed by atoms with Crippen molar-refractivity contribution < 1.29 is 0 Å². The molecule has 0 aliphatic rings. The fourth-order valence-electron chi connectivity index (χ4n) is 5.23. The molecule has 6 rings (SSSR count). The van der Waals surface area contributed by atoms with Crippen molar-refractivity contribution in [3.63, 3.8) is 0 Å². The quantitative estimate of drug-likeness (QED) is 0.123. The maximum atomic E-state index is 4.39. The fourth-order valence-corrected chi connectivity index (χ4v) is 5.23. The van der Waals surface area contributed by atoms with Crippen LogP contribution in [0, 0.1) is 0 Å². The molecule has 43 heavy (non-hydrogen) atoms. The number of benzene rings is 6. The van der Waals surface area contributed by atoms with Crippen LogP contribution in [0.15, 0.2) is 170 Å². The first kappa shape index (κ1) is 27.8. The zero-order valence-corrected chi connectivity index (χ0v) is 24.2. The van der Waals surface area contributed by atoms with Gasteiger partial charge in [-0.05, 0) is 51.1 Å². The molecule has 6 aromatic rings. The Labute approximate surface area is 254 Å². The Balaban J connectivity index is 1.24. The third kappa shape index (κ3) is 7.10. The second-order valence-corrected chi connectivity index (χ2v) is 10.5. The van der Waals surface area contributed by atoms with Gasteiger partial charge in [0.2, 0.25) is 0 Å². The molecule has 6 aromatic carbocycles. The Morgan fingerprint density at radius 1 is 0.512 bits per heavy atom. The van der Waals surface area contributed by atoms with E-state index in [4.69, 9.17) is 0 Å². The molecule has 0 unspecified atom stereocenters. The number of nitrogens with one attached hydrogen (secondary N) is 2. The molecule has 0 fully saturated rings. The Hall–Kier alpha value is -5.38. The van der Waals surface area contributed by atoms with Gasteiger partial charge in [-0.3, -0.25) is 0 Å². The van der Waals surface area contributed by atoms with Gasteiger partial charge in [0.25, 0.3) is 0 Å². The second kappa shape index (κ2) is 13.5. The van der Waals surface area contributed by atoms with Gasteiger partial charge in [0, 0.05) is 23.5 Å². The van der Waals surface area contributed by atoms with E-state index in [1.165, 1.54) is 33.4 Å². The number of hydrogen-bond acceptors (Lipinski definition) is 3. The predicted molar refractivity (Wildman–Crippen MR) is 182 cm³/mol. The number of anilines is 1. The van der Waals surface area contributed by atoms with Crippen molar-refractivity contribution in [1.82, 2.24) is 10.4 Å². The van der Waals surface area contributed by atoms with Crippen LogP contribution in [0.4, 0.5) is 5.69 Å². The van der Waals surface area contributed by atoms with Gasteiger partial charge in [0.05, 0.1) is 6.67 Å². The van der Waals surface area contributed by atoms with E-state index >= 15 is 0 Å². The highest BCUT2D eigenvalue weighted by Crippen LogP contribution is 2.33. The standard InChI is InChI=1S/C40H35N3/c1-31(33-22-24-36(25-23-33)34-16-8-3-9-17-34)42-43(29-32-14-6-2-7-15-32)30-41-40-27-26-38(35-18-10-4-11-19-35)28-39(40)37-20-12-5-13-21-37/h2-28,41-42H,1,29-30H2. The summed E-state index contributed by atoms with van der Waals surface area (Å²) in [6.45, 7) is 5.67. The van der Waals surface area contributed by atoms with E-state index in [2.05, 4.69) is 174 Å². The molecule has 3 nitrogen and oxygen atoms in total. The maximum Gasteiger partial charge on any atom is 0.0861 e. The molecule has 0 aliphatic carbocycles. The van der Waals surface area contributed by atoms with Gasteiger partial charge >= 0.3 is 0 Å². The highest BCUT2D eigenvalue weighted by Gasteiger charge is 2.12. The summed E-state index contributed by atoms with van der Waals surface area (Å²) in [4.78, 5) is 0. The summed E-state index contributed by atoms with van der Waals surface area (Å²) in [5.41, 5.74) is 14.9. The van der Waals surface area contributed by atoms with Gasteiger partial charge in [-0.15, -0.1) is 0 Å². The van der Waals surface area contributed by atoms with Crippen LogP contribution in [0.1, 0.15) is 11.1 Å². The predicted octanol–water partition coefficient (Wildman–Crippen LogP) is 9.73. The van der Waals surface area contributed by atoms with Gasteiger partial charge in [-0.1, -0.05) is 158 Å². The molecule has 0 saturated carbocycles. The third-order valence-electron chi connectivity index (χ3n) is 7.52. The average molecular weight is 558 g/mol. The van der Waals surface area contributed by atoms with E-state index in [0.717, 1.165) is 22.5 Å². The minimum atomic E-state index is 0.570. The molecule has 2 N–H and O–H groups in total. The monoisotopic (exact) mass is 557 g/mol. The molecule has 0 saturated heterocycles. The highest BCUT2D eigenvalue weighted by atomic mass is 15.5. The summed E-state index contributed by atoms with van der Waals surface area (Å²) in [7, 11) is 0. The van der Waals surface area contributed by atoms with Crippen molar-refractivity contribution in [2.45, 2.75) is 6.54 Å². The molecule has 0 aromatic heterocycles. The van der Waals surface area contributed by atoms with E-state index in [9.17, 15) is 0 Å². The normalized spacial score (nSPS) is 10.8. The lowest BCUT2D eigenvalue weighted by Gasteiger charge is -2.27. The SMILES string of the molecule is C=C(NN(CNc1ccc(-c2ccccc2)cc1-c1ccccc1)Cc1ccccc1)c1ccc(-c2ccccc2)cc1. The number of nitrogens with zero attached hydrogens (tertiary/aromatic N) is 1. The Morgan fingerprint density at radius 3 is 1.60 bits per heavy atom. The summed E-state index contributed by atoms with van der Waals surface area (Å²) in [5, 5.41) is 5.89. The minimum Gasteiger partial charge on any atom is -0.370 e. The van der Waals surface area contributed by atoms with Crippen LogP contribution in [0.2, 0.25) is 0 Å². The number of hydrogen-bond donors (Lipinski definition) is 2. The first-order valence-corrected chi connectivity index (χ1v) is 14.6. The highest BCUT2D eigenvalue weighted by molar-refractivity contribution is 5.83. The van der Waals surface area contributed by atoms with Crippen LogP contribution >= 0.6 is 0 Å². The van der Waals surface area contributed by atoms with Crippen LogP contribution < -0.4 is 10.7 Å². The van der Waals surface area contributed by atoms with E-state index in [0.29, 0.717) is 13.2 Å². The Bertz CT molecular complexity index is 1750. The second-order valence-electron chi connectivity index (χ2n) is 10.5. The summed E-state index contributed by atoms with van der Waals surface area (Å²) >= 11 is 0. The van der Waals surface area contributed by atoms with E-state index in [-0.39, 0.29) is 0 Å². The van der Waals surface area contributed by atoms with Gasteiger partial charge in [-0.25, -0.2) is 0 Å². The fraction of sp³-hybridized carbons (Fsp3) is 0.0500. The van der Waals surface area contributed by atoms with Crippen molar-refractivity contribution in [2.75, 3.05) is 12.0 Å². The molecule has 0 amide bonds. The topological polar surface area (TPSA) is 27.3 Å². The maximum absolute atomic E-state index is 4.39. The van der Waals surface area contributed by atoms with Crippen molar-refractivity contribution in [2.24, 2.45) is 0 Å². The molecule has 210 valence electrons. The lowest BCUT2D eigenvalue weighted by molar-refractivity contribution is 0.236. The first-order chi connectivity index (χ1) is 21.2. The molecule has 3 heteroatoms. The first-order valence-electron chi connectivity index (χ1n) is 14.6. The smallest absolute Gasteiger partial charge is 0.0861 e. The Morgan fingerprint density at radius 2 is 1.00 bits per heavy atom. The molecular weight excluding hydrogens is 522 g/mol.